The predicted molar refractivity (Wildman–Crippen MR) is 88.1 cm³/mol. The summed E-state index contributed by atoms with van der Waals surface area (Å²) in [6, 6.07) is 15.5. The van der Waals surface area contributed by atoms with E-state index >= 15 is 0 Å². The highest BCUT2D eigenvalue weighted by atomic mass is 35.5. The number of hydrogen-bond donors (Lipinski definition) is 1. The summed E-state index contributed by atoms with van der Waals surface area (Å²) in [5.74, 6) is 1.38. The lowest BCUT2D eigenvalue weighted by atomic mass is 10.1. The lowest BCUT2D eigenvalue weighted by Crippen LogP contribution is -2.07. The van der Waals surface area contributed by atoms with Gasteiger partial charge in [-0.15, -0.1) is 19.0 Å². The zero-order valence-electron chi connectivity index (χ0n) is 12.0. The molecular formula is C17H20ClNO2. The third-order valence-electron chi connectivity index (χ3n) is 3.06. The van der Waals surface area contributed by atoms with Gasteiger partial charge in [-0.25, -0.2) is 0 Å². The number of methoxy groups -OCH3 is 1. The zero-order valence-corrected chi connectivity index (χ0v) is 12.8. The van der Waals surface area contributed by atoms with Gasteiger partial charge in [0.05, 0.1) is 7.11 Å². The number of nitrogens with two attached hydrogens (primary N) is 1. The van der Waals surface area contributed by atoms with Crippen molar-refractivity contribution in [1.82, 2.24) is 0 Å². The molecule has 0 radical (unpaired) electrons. The highest BCUT2D eigenvalue weighted by molar-refractivity contribution is 5.85. The molecule has 0 saturated heterocycles. The van der Waals surface area contributed by atoms with E-state index in [9.17, 15) is 0 Å². The lowest BCUT2D eigenvalue weighted by molar-refractivity contribution is 0.284. The minimum atomic E-state index is -0.208. The Morgan fingerprint density at radius 1 is 1.14 bits per heavy atom. The van der Waals surface area contributed by atoms with Crippen LogP contribution in [0.5, 0.6) is 11.5 Å². The lowest BCUT2D eigenvalue weighted by Gasteiger charge is -2.14. The van der Waals surface area contributed by atoms with E-state index in [2.05, 4.69) is 6.58 Å². The van der Waals surface area contributed by atoms with Crippen LogP contribution in [0.4, 0.5) is 0 Å². The number of rotatable bonds is 6. The highest BCUT2D eigenvalue weighted by Crippen LogP contribution is 2.30. The average molecular weight is 306 g/mol. The van der Waals surface area contributed by atoms with Gasteiger partial charge in [-0.3, -0.25) is 0 Å². The molecule has 0 unspecified atom stereocenters. The Kier molecular flexibility index (Phi) is 6.79. The Labute approximate surface area is 131 Å². The molecule has 0 bridgehead atoms. The van der Waals surface area contributed by atoms with Gasteiger partial charge in [-0.05, 0) is 23.3 Å². The summed E-state index contributed by atoms with van der Waals surface area (Å²) in [5, 5.41) is 0. The Morgan fingerprint density at radius 2 is 1.86 bits per heavy atom. The molecule has 0 amide bonds. The number of benzene rings is 2. The molecule has 2 N–H and O–H groups in total. The molecule has 1 atom stereocenters. The van der Waals surface area contributed by atoms with E-state index in [0.717, 1.165) is 11.1 Å². The van der Waals surface area contributed by atoms with E-state index in [1.54, 1.807) is 13.2 Å². The Morgan fingerprint density at radius 3 is 2.48 bits per heavy atom. The molecule has 2 aromatic carbocycles. The number of hydrogen-bond acceptors (Lipinski definition) is 3. The molecule has 3 nitrogen and oxygen atoms in total. The van der Waals surface area contributed by atoms with Crippen molar-refractivity contribution in [3.05, 3.63) is 72.3 Å². The van der Waals surface area contributed by atoms with E-state index in [-0.39, 0.29) is 18.4 Å². The van der Waals surface area contributed by atoms with Crippen molar-refractivity contribution in [1.29, 1.82) is 0 Å². The van der Waals surface area contributed by atoms with Gasteiger partial charge < -0.3 is 15.2 Å². The molecule has 4 heteroatoms. The van der Waals surface area contributed by atoms with Crippen LogP contribution < -0.4 is 15.2 Å². The van der Waals surface area contributed by atoms with Gasteiger partial charge in [0.2, 0.25) is 0 Å². The van der Waals surface area contributed by atoms with Gasteiger partial charge in [-0.1, -0.05) is 42.5 Å². The maximum Gasteiger partial charge on any atom is 0.162 e. The van der Waals surface area contributed by atoms with Crippen molar-refractivity contribution < 1.29 is 9.47 Å². The molecule has 0 aromatic heterocycles. The van der Waals surface area contributed by atoms with Crippen LogP contribution in [0.1, 0.15) is 17.2 Å². The van der Waals surface area contributed by atoms with Gasteiger partial charge in [0.25, 0.3) is 0 Å². The monoisotopic (exact) mass is 305 g/mol. The molecule has 21 heavy (non-hydrogen) atoms. The Hall–Kier alpha value is -1.97. The van der Waals surface area contributed by atoms with Crippen molar-refractivity contribution in [2.24, 2.45) is 5.73 Å². The Bertz CT molecular complexity index is 572. The van der Waals surface area contributed by atoms with Crippen LogP contribution in [0.25, 0.3) is 0 Å². The maximum atomic E-state index is 5.95. The third-order valence-corrected chi connectivity index (χ3v) is 3.06. The smallest absolute Gasteiger partial charge is 0.162 e. The number of ether oxygens (including phenoxy) is 2. The molecule has 0 aliphatic rings. The van der Waals surface area contributed by atoms with Gasteiger partial charge in [0, 0.05) is 6.04 Å². The third kappa shape index (κ3) is 4.52. The quantitative estimate of drug-likeness (QED) is 0.824. The van der Waals surface area contributed by atoms with E-state index in [1.807, 2.05) is 48.5 Å². The summed E-state index contributed by atoms with van der Waals surface area (Å²) in [6.07, 6.45) is 1.70. The van der Waals surface area contributed by atoms with Gasteiger partial charge in [-0.2, -0.15) is 0 Å². The maximum absolute atomic E-state index is 5.95. The van der Waals surface area contributed by atoms with E-state index < -0.39 is 0 Å². The summed E-state index contributed by atoms with van der Waals surface area (Å²) in [6.45, 7) is 4.20. The molecule has 2 aromatic rings. The molecule has 0 aliphatic carbocycles. The summed E-state index contributed by atoms with van der Waals surface area (Å²) in [4.78, 5) is 0. The molecule has 0 spiro atoms. The molecule has 112 valence electrons. The topological polar surface area (TPSA) is 44.5 Å². The van der Waals surface area contributed by atoms with Crippen molar-refractivity contribution in [3.8, 4) is 11.5 Å². The zero-order chi connectivity index (χ0) is 14.4. The average Bonchev–Trinajstić information content (AvgIpc) is 2.52. The van der Waals surface area contributed by atoms with Crippen LogP contribution in [-0.4, -0.2) is 7.11 Å². The van der Waals surface area contributed by atoms with Crippen LogP contribution >= 0.6 is 12.4 Å². The second-order valence-corrected chi connectivity index (χ2v) is 4.45. The first-order valence-electron chi connectivity index (χ1n) is 6.47. The van der Waals surface area contributed by atoms with Crippen LogP contribution in [0, 0.1) is 0 Å². The molecule has 2 rings (SSSR count). The van der Waals surface area contributed by atoms with Crippen molar-refractivity contribution >= 4 is 12.4 Å². The van der Waals surface area contributed by atoms with Crippen LogP contribution in [0.2, 0.25) is 0 Å². The molecule has 0 saturated carbocycles. The first-order chi connectivity index (χ1) is 9.74. The second-order valence-electron chi connectivity index (χ2n) is 4.45. The van der Waals surface area contributed by atoms with Crippen molar-refractivity contribution in [3.63, 3.8) is 0 Å². The fourth-order valence-electron chi connectivity index (χ4n) is 1.88. The van der Waals surface area contributed by atoms with Crippen LogP contribution in [0.15, 0.2) is 61.2 Å². The van der Waals surface area contributed by atoms with Crippen LogP contribution in [0.3, 0.4) is 0 Å². The minimum absolute atomic E-state index is 0. The Balaban J connectivity index is 0.00000220. The first-order valence-corrected chi connectivity index (χ1v) is 6.47. The summed E-state index contributed by atoms with van der Waals surface area (Å²) >= 11 is 0. The van der Waals surface area contributed by atoms with E-state index in [1.165, 1.54) is 0 Å². The van der Waals surface area contributed by atoms with Gasteiger partial charge in [0.1, 0.15) is 6.61 Å². The second kappa shape index (κ2) is 8.35. The molecular weight excluding hydrogens is 286 g/mol. The standard InChI is InChI=1S/C17H19NO2.ClH/c1-3-15(18)14-9-10-16(19-2)17(11-14)20-12-13-7-5-4-6-8-13;/h3-11,15H,1,12,18H2,2H3;1H/t15-;/m0./s1. The molecule has 0 heterocycles. The van der Waals surface area contributed by atoms with Gasteiger partial charge >= 0.3 is 0 Å². The molecule has 0 fully saturated rings. The van der Waals surface area contributed by atoms with Crippen molar-refractivity contribution in [2.75, 3.05) is 7.11 Å². The fourth-order valence-corrected chi connectivity index (χ4v) is 1.88. The number of halogens is 1. The van der Waals surface area contributed by atoms with E-state index in [0.29, 0.717) is 18.1 Å². The molecule has 0 aliphatic heterocycles. The minimum Gasteiger partial charge on any atom is -0.493 e. The summed E-state index contributed by atoms with van der Waals surface area (Å²) in [5.41, 5.74) is 8.00. The summed E-state index contributed by atoms with van der Waals surface area (Å²) in [7, 11) is 1.62. The van der Waals surface area contributed by atoms with Crippen LogP contribution in [-0.2, 0) is 6.61 Å². The highest BCUT2D eigenvalue weighted by Gasteiger charge is 2.09. The SMILES string of the molecule is C=C[C@H](N)c1ccc(OC)c(OCc2ccccc2)c1.Cl. The van der Waals surface area contributed by atoms with Gasteiger partial charge in [0.15, 0.2) is 11.5 Å². The largest absolute Gasteiger partial charge is 0.493 e. The normalized spacial score (nSPS) is 11.1. The predicted octanol–water partition coefficient (Wildman–Crippen LogP) is 3.88. The first kappa shape index (κ1) is 17.1. The van der Waals surface area contributed by atoms with Crippen molar-refractivity contribution in [2.45, 2.75) is 12.6 Å². The fraction of sp³-hybridized carbons (Fsp3) is 0.176. The van der Waals surface area contributed by atoms with E-state index in [4.69, 9.17) is 15.2 Å². The summed E-state index contributed by atoms with van der Waals surface area (Å²) < 4.78 is 11.1.